The molecule has 5 heteroatoms. The maximum Gasteiger partial charge on any atom is 0.230 e. The maximum absolute atomic E-state index is 12.1. The number of carbonyl (C=O) groups excluding carboxylic acids is 1. The molecule has 0 radical (unpaired) electrons. The first kappa shape index (κ1) is 15.2. The number of thioether (sulfide) groups is 1. The van der Waals surface area contributed by atoms with Crippen molar-refractivity contribution in [1.29, 1.82) is 0 Å². The van der Waals surface area contributed by atoms with Crippen LogP contribution in [0.25, 0.3) is 0 Å². The van der Waals surface area contributed by atoms with Crippen molar-refractivity contribution in [2.75, 3.05) is 12.8 Å². The van der Waals surface area contributed by atoms with Gasteiger partial charge in [-0.1, -0.05) is 11.6 Å². The standard InChI is InChI=1S/C16H21ClN2OS/c1-19-13-4-5-14(19)9-12(8-13)18-16(20)10-21-15-6-2-11(17)3-7-15/h2-3,6-7,12-14H,4-5,8-10H2,1H3,(H,18,20)/t13-,14-/m0/s1. The first-order valence-corrected chi connectivity index (χ1v) is 8.88. The van der Waals surface area contributed by atoms with E-state index in [0.717, 1.165) is 22.8 Å². The molecule has 2 aliphatic heterocycles. The van der Waals surface area contributed by atoms with Gasteiger partial charge < -0.3 is 10.2 Å². The van der Waals surface area contributed by atoms with Gasteiger partial charge in [-0.05, 0) is 57.0 Å². The average Bonchev–Trinajstić information content (AvgIpc) is 2.69. The lowest BCUT2D eigenvalue weighted by molar-refractivity contribution is -0.119. The summed E-state index contributed by atoms with van der Waals surface area (Å²) < 4.78 is 0. The van der Waals surface area contributed by atoms with Gasteiger partial charge in [0.2, 0.25) is 5.91 Å². The number of nitrogens with zero attached hydrogens (tertiary/aromatic N) is 1. The van der Waals surface area contributed by atoms with Gasteiger partial charge in [-0.2, -0.15) is 0 Å². The van der Waals surface area contributed by atoms with Crippen molar-refractivity contribution in [3.8, 4) is 0 Å². The second-order valence-corrected chi connectivity index (χ2v) is 7.51. The van der Waals surface area contributed by atoms with Gasteiger partial charge in [0, 0.05) is 28.0 Å². The molecule has 3 rings (SSSR count). The lowest BCUT2D eigenvalue weighted by Crippen LogP contribution is -2.49. The third-order valence-corrected chi connectivity index (χ3v) is 5.91. The van der Waals surface area contributed by atoms with E-state index in [0.29, 0.717) is 23.9 Å². The van der Waals surface area contributed by atoms with Gasteiger partial charge in [-0.25, -0.2) is 0 Å². The number of rotatable bonds is 4. The molecule has 2 saturated heterocycles. The van der Waals surface area contributed by atoms with Crippen molar-refractivity contribution in [2.24, 2.45) is 0 Å². The van der Waals surface area contributed by atoms with Crippen molar-refractivity contribution in [1.82, 2.24) is 10.2 Å². The first-order chi connectivity index (χ1) is 10.1. The van der Waals surface area contributed by atoms with E-state index < -0.39 is 0 Å². The topological polar surface area (TPSA) is 32.3 Å². The van der Waals surface area contributed by atoms with E-state index in [1.54, 1.807) is 11.8 Å². The average molecular weight is 325 g/mol. The molecule has 3 nitrogen and oxygen atoms in total. The van der Waals surface area contributed by atoms with Crippen molar-refractivity contribution < 1.29 is 4.79 Å². The van der Waals surface area contributed by atoms with Crippen molar-refractivity contribution >= 4 is 29.3 Å². The predicted molar refractivity (Wildman–Crippen MR) is 87.9 cm³/mol. The van der Waals surface area contributed by atoms with E-state index >= 15 is 0 Å². The van der Waals surface area contributed by atoms with Crippen LogP contribution in [0.15, 0.2) is 29.2 Å². The summed E-state index contributed by atoms with van der Waals surface area (Å²) >= 11 is 7.42. The maximum atomic E-state index is 12.1. The number of fused-ring (bicyclic) bond motifs is 2. The Kier molecular flexibility index (Phi) is 4.77. The quantitative estimate of drug-likeness (QED) is 0.863. The molecule has 21 heavy (non-hydrogen) atoms. The summed E-state index contributed by atoms with van der Waals surface area (Å²) in [5.74, 6) is 0.618. The molecule has 2 aliphatic rings. The number of hydrogen-bond donors (Lipinski definition) is 1. The fraction of sp³-hybridized carbons (Fsp3) is 0.562. The third kappa shape index (κ3) is 3.74. The highest BCUT2D eigenvalue weighted by Gasteiger charge is 2.38. The fourth-order valence-corrected chi connectivity index (χ4v) is 4.31. The van der Waals surface area contributed by atoms with Crippen molar-refractivity contribution in [3.63, 3.8) is 0 Å². The minimum absolute atomic E-state index is 0.143. The Morgan fingerprint density at radius 3 is 2.52 bits per heavy atom. The van der Waals surface area contributed by atoms with Gasteiger partial charge in [-0.15, -0.1) is 11.8 Å². The van der Waals surface area contributed by atoms with Crippen LogP contribution in [-0.4, -0.2) is 41.7 Å². The van der Waals surface area contributed by atoms with E-state index in [1.807, 2.05) is 24.3 Å². The summed E-state index contributed by atoms with van der Waals surface area (Å²) in [6.07, 6.45) is 4.77. The highest BCUT2D eigenvalue weighted by Crippen LogP contribution is 2.34. The summed E-state index contributed by atoms with van der Waals surface area (Å²) in [6.45, 7) is 0. The second-order valence-electron chi connectivity index (χ2n) is 6.03. The molecule has 114 valence electrons. The van der Waals surface area contributed by atoms with E-state index in [-0.39, 0.29) is 5.91 Å². The summed E-state index contributed by atoms with van der Waals surface area (Å²) in [5.41, 5.74) is 0. The predicted octanol–water partition coefficient (Wildman–Crippen LogP) is 3.17. The minimum atomic E-state index is 0.143. The Morgan fingerprint density at radius 1 is 1.29 bits per heavy atom. The van der Waals surface area contributed by atoms with E-state index in [9.17, 15) is 4.79 Å². The monoisotopic (exact) mass is 324 g/mol. The molecule has 2 atom stereocenters. The fourth-order valence-electron chi connectivity index (χ4n) is 3.48. The van der Waals surface area contributed by atoms with Crippen LogP contribution in [0.1, 0.15) is 25.7 Å². The number of benzene rings is 1. The van der Waals surface area contributed by atoms with Crippen LogP contribution < -0.4 is 5.32 Å². The molecule has 1 aromatic carbocycles. The molecular formula is C16H21ClN2OS. The number of carbonyl (C=O) groups is 1. The van der Waals surface area contributed by atoms with Gasteiger partial charge in [-0.3, -0.25) is 4.79 Å². The molecule has 1 N–H and O–H groups in total. The van der Waals surface area contributed by atoms with E-state index in [2.05, 4.69) is 17.3 Å². The number of hydrogen-bond acceptors (Lipinski definition) is 3. The van der Waals surface area contributed by atoms with Crippen LogP contribution in [-0.2, 0) is 4.79 Å². The Labute approximate surface area is 135 Å². The highest BCUT2D eigenvalue weighted by molar-refractivity contribution is 8.00. The lowest BCUT2D eigenvalue weighted by atomic mass is 9.98. The van der Waals surface area contributed by atoms with Gasteiger partial charge in [0.05, 0.1) is 5.75 Å². The molecule has 2 fully saturated rings. The third-order valence-electron chi connectivity index (χ3n) is 4.65. The van der Waals surface area contributed by atoms with Crippen LogP contribution in [0.4, 0.5) is 0 Å². The number of halogens is 1. The summed E-state index contributed by atoms with van der Waals surface area (Å²) in [6, 6.07) is 9.31. The number of piperidine rings is 1. The van der Waals surface area contributed by atoms with Gasteiger partial charge >= 0.3 is 0 Å². The van der Waals surface area contributed by atoms with Gasteiger partial charge in [0.25, 0.3) is 0 Å². The molecule has 0 aromatic heterocycles. The summed E-state index contributed by atoms with van der Waals surface area (Å²) in [4.78, 5) is 15.7. The number of nitrogens with one attached hydrogen (secondary N) is 1. The van der Waals surface area contributed by atoms with E-state index in [4.69, 9.17) is 11.6 Å². The zero-order chi connectivity index (χ0) is 14.8. The van der Waals surface area contributed by atoms with Crippen LogP contribution in [0.5, 0.6) is 0 Å². The molecule has 1 amide bonds. The SMILES string of the molecule is CN1[C@H]2CC[C@H]1CC(NC(=O)CSc1ccc(Cl)cc1)C2. The molecule has 0 aliphatic carbocycles. The molecular weight excluding hydrogens is 304 g/mol. The molecule has 2 heterocycles. The number of amides is 1. The molecule has 0 unspecified atom stereocenters. The van der Waals surface area contributed by atoms with Crippen LogP contribution >= 0.6 is 23.4 Å². The van der Waals surface area contributed by atoms with Crippen LogP contribution in [0.3, 0.4) is 0 Å². The Morgan fingerprint density at radius 2 is 1.90 bits per heavy atom. The second kappa shape index (κ2) is 6.59. The Hall–Kier alpha value is -0.710. The van der Waals surface area contributed by atoms with Crippen LogP contribution in [0.2, 0.25) is 5.02 Å². The van der Waals surface area contributed by atoms with Gasteiger partial charge in [0.15, 0.2) is 0 Å². The largest absolute Gasteiger partial charge is 0.353 e. The molecule has 0 saturated carbocycles. The summed E-state index contributed by atoms with van der Waals surface area (Å²) in [7, 11) is 2.22. The first-order valence-electron chi connectivity index (χ1n) is 7.51. The van der Waals surface area contributed by atoms with Crippen molar-refractivity contribution in [2.45, 2.75) is 48.7 Å². The summed E-state index contributed by atoms with van der Waals surface area (Å²) in [5, 5.41) is 3.94. The molecule has 2 bridgehead atoms. The van der Waals surface area contributed by atoms with E-state index in [1.165, 1.54) is 12.8 Å². The smallest absolute Gasteiger partial charge is 0.230 e. The van der Waals surface area contributed by atoms with Crippen molar-refractivity contribution in [3.05, 3.63) is 29.3 Å². The van der Waals surface area contributed by atoms with Crippen LogP contribution in [0, 0.1) is 0 Å². The molecule has 1 aromatic rings. The zero-order valence-corrected chi connectivity index (χ0v) is 13.8. The lowest BCUT2D eigenvalue weighted by Gasteiger charge is -2.36. The Bertz CT molecular complexity index is 494. The minimum Gasteiger partial charge on any atom is -0.353 e. The normalized spacial score (nSPS) is 28.6. The van der Waals surface area contributed by atoms with Gasteiger partial charge in [0.1, 0.15) is 0 Å². The Balaban J connectivity index is 1.45. The zero-order valence-electron chi connectivity index (χ0n) is 12.2. The highest BCUT2D eigenvalue weighted by atomic mass is 35.5. The molecule has 0 spiro atoms.